The van der Waals surface area contributed by atoms with Crippen LogP contribution in [0.15, 0.2) is 0 Å². The highest BCUT2D eigenvalue weighted by molar-refractivity contribution is 7.91. The van der Waals surface area contributed by atoms with Gasteiger partial charge in [0.2, 0.25) is 0 Å². The van der Waals surface area contributed by atoms with Crippen LogP contribution in [0.2, 0.25) is 0 Å². The Labute approximate surface area is 104 Å². The lowest BCUT2D eigenvalue weighted by Crippen LogP contribution is -2.52. The molecule has 0 bridgehead atoms. The third-order valence-electron chi connectivity index (χ3n) is 4.07. The van der Waals surface area contributed by atoms with Crippen LogP contribution < -0.4 is 0 Å². The molecule has 96 valence electrons. The molecule has 0 saturated carbocycles. The molecule has 0 spiro atoms. The lowest BCUT2D eigenvalue weighted by molar-refractivity contribution is 0.130. The summed E-state index contributed by atoms with van der Waals surface area (Å²) in [6.07, 6.45) is 5.72. The summed E-state index contributed by atoms with van der Waals surface area (Å²) in [5.74, 6) is 0.355. The fourth-order valence-electron chi connectivity index (χ4n) is 2.87. The molecule has 2 aliphatic heterocycles. The van der Waals surface area contributed by atoms with E-state index in [9.17, 15) is 13.7 Å². The van der Waals surface area contributed by atoms with Crippen molar-refractivity contribution >= 4 is 9.84 Å². The van der Waals surface area contributed by atoms with E-state index >= 15 is 0 Å². The van der Waals surface area contributed by atoms with Gasteiger partial charge in [0.1, 0.15) is 5.54 Å². The van der Waals surface area contributed by atoms with Crippen LogP contribution in [0.4, 0.5) is 0 Å². The second-order valence-corrected chi connectivity index (χ2v) is 7.50. The first-order valence-electron chi connectivity index (χ1n) is 6.45. The quantitative estimate of drug-likeness (QED) is 0.710. The molecule has 0 amide bonds. The molecular weight excluding hydrogens is 236 g/mol. The van der Waals surface area contributed by atoms with Gasteiger partial charge < -0.3 is 0 Å². The van der Waals surface area contributed by atoms with E-state index in [1.165, 1.54) is 12.8 Å². The zero-order chi connectivity index (χ0) is 12.4. The van der Waals surface area contributed by atoms with Crippen LogP contribution in [0.1, 0.15) is 38.5 Å². The Kier molecular flexibility index (Phi) is 3.74. The number of hydrogen-bond acceptors (Lipinski definition) is 4. The van der Waals surface area contributed by atoms with E-state index in [2.05, 4.69) is 11.0 Å². The highest BCUT2D eigenvalue weighted by Gasteiger charge is 2.42. The standard InChI is InChI=1S/C12H20N2O2S/c13-11-12(5-9-17(15,16)10-6-12)14-7-3-1-2-4-8-14/h1-10H2. The predicted molar refractivity (Wildman–Crippen MR) is 66.3 cm³/mol. The van der Waals surface area contributed by atoms with E-state index in [-0.39, 0.29) is 11.5 Å². The largest absolute Gasteiger partial charge is 0.285 e. The number of rotatable bonds is 1. The Bertz CT molecular complexity index is 389. The van der Waals surface area contributed by atoms with E-state index in [1.807, 2.05) is 0 Å². The molecule has 0 N–H and O–H groups in total. The van der Waals surface area contributed by atoms with Gasteiger partial charge in [-0.15, -0.1) is 0 Å². The molecule has 0 aromatic heterocycles. The molecule has 0 aromatic carbocycles. The smallest absolute Gasteiger partial charge is 0.150 e. The van der Waals surface area contributed by atoms with E-state index in [0.29, 0.717) is 12.8 Å². The predicted octanol–water partition coefficient (Wildman–Crippen LogP) is 1.33. The molecule has 2 fully saturated rings. The first kappa shape index (κ1) is 12.8. The third-order valence-corrected chi connectivity index (χ3v) is 5.73. The number of likely N-dealkylation sites (tertiary alicyclic amines) is 1. The van der Waals surface area contributed by atoms with Gasteiger partial charge in [-0.3, -0.25) is 4.90 Å². The molecule has 4 nitrogen and oxygen atoms in total. The van der Waals surface area contributed by atoms with Gasteiger partial charge in [-0.2, -0.15) is 5.26 Å². The number of sulfone groups is 1. The van der Waals surface area contributed by atoms with E-state index in [0.717, 1.165) is 25.9 Å². The summed E-state index contributed by atoms with van der Waals surface area (Å²) in [7, 11) is -2.89. The molecule has 0 atom stereocenters. The van der Waals surface area contributed by atoms with E-state index in [1.54, 1.807) is 0 Å². The van der Waals surface area contributed by atoms with Gasteiger partial charge in [0.15, 0.2) is 9.84 Å². The molecule has 0 radical (unpaired) electrons. The molecular formula is C12H20N2O2S. The van der Waals surface area contributed by atoms with Crippen LogP contribution in [0.3, 0.4) is 0 Å². The first-order chi connectivity index (χ1) is 8.08. The zero-order valence-electron chi connectivity index (χ0n) is 10.2. The monoisotopic (exact) mass is 256 g/mol. The second kappa shape index (κ2) is 4.95. The minimum Gasteiger partial charge on any atom is -0.285 e. The van der Waals surface area contributed by atoms with Gasteiger partial charge in [0, 0.05) is 0 Å². The summed E-state index contributed by atoms with van der Waals surface area (Å²) < 4.78 is 23.0. The first-order valence-corrected chi connectivity index (χ1v) is 8.27. The summed E-state index contributed by atoms with van der Waals surface area (Å²) in [6, 6.07) is 2.41. The summed E-state index contributed by atoms with van der Waals surface area (Å²) in [4.78, 5) is 2.24. The molecule has 0 unspecified atom stereocenters. The van der Waals surface area contributed by atoms with Crippen LogP contribution in [0.25, 0.3) is 0 Å². The molecule has 0 aromatic rings. The molecule has 0 aliphatic carbocycles. The second-order valence-electron chi connectivity index (χ2n) is 5.20. The normalized spacial score (nSPS) is 29.1. The average Bonchev–Trinajstić information content (AvgIpc) is 2.59. The van der Waals surface area contributed by atoms with E-state index in [4.69, 9.17) is 0 Å². The van der Waals surface area contributed by atoms with Crippen molar-refractivity contribution in [2.24, 2.45) is 0 Å². The van der Waals surface area contributed by atoms with Crippen molar-refractivity contribution in [1.29, 1.82) is 5.26 Å². The maximum Gasteiger partial charge on any atom is 0.150 e. The summed E-state index contributed by atoms with van der Waals surface area (Å²) in [5, 5.41) is 9.47. The minimum absolute atomic E-state index is 0.178. The average molecular weight is 256 g/mol. The van der Waals surface area contributed by atoms with Crippen molar-refractivity contribution in [3.8, 4) is 6.07 Å². The topological polar surface area (TPSA) is 61.2 Å². The maximum atomic E-state index is 11.5. The highest BCUT2D eigenvalue weighted by Crippen LogP contribution is 2.31. The molecule has 5 heteroatoms. The molecule has 2 aliphatic rings. The van der Waals surface area contributed by atoms with Gasteiger partial charge in [0.25, 0.3) is 0 Å². The number of nitriles is 1. The highest BCUT2D eigenvalue weighted by atomic mass is 32.2. The molecule has 17 heavy (non-hydrogen) atoms. The maximum absolute atomic E-state index is 11.5. The van der Waals surface area contributed by atoms with Crippen molar-refractivity contribution in [3.63, 3.8) is 0 Å². The van der Waals surface area contributed by atoms with Crippen LogP contribution in [-0.2, 0) is 9.84 Å². The van der Waals surface area contributed by atoms with E-state index < -0.39 is 15.4 Å². The van der Waals surface area contributed by atoms with Gasteiger partial charge in [0.05, 0.1) is 17.6 Å². The Hall–Kier alpha value is -0.600. The third kappa shape index (κ3) is 2.80. The Morgan fingerprint density at radius 3 is 2.00 bits per heavy atom. The summed E-state index contributed by atoms with van der Waals surface area (Å²) in [6.45, 7) is 1.90. The summed E-state index contributed by atoms with van der Waals surface area (Å²) in [5.41, 5.74) is -0.504. The van der Waals surface area contributed by atoms with Gasteiger partial charge in [-0.1, -0.05) is 12.8 Å². The van der Waals surface area contributed by atoms with Crippen LogP contribution in [0.5, 0.6) is 0 Å². The minimum atomic E-state index is -2.89. The van der Waals surface area contributed by atoms with Crippen molar-refractivity contribution in [2.45, 2.75) is 44.1 Å². The lowest BCUT2D eigenvalue weighted by Gasteiger charge is -2.40. The Morgan fingerprint density at radius 2 is 1.53 bits per heavy atom. The van der Waals surface area contributed by atoms with Gasteiger partial charge in [-0.25, -0.2) is 8.42 Å². The van der Waals surface area contributed by atoms with Crippen molar-refractivity contribution < 1.29 is 8.42 Å². The molecule has 2 heterocycles. The van der Waals surface area contributed by atoms with Crippen molar-refractivity contribution in [2.75, 3.05) is 24.6 Å². The Morgan fingerprint density at radius 1 is 1.00 bits per heavy atom. The number of nitrogens with zero attached hydrogens (tertiary/aromatic N) is 2. The zero-order valence-corrected chi connectivity index (χ0v) is 11.0. The molecule has 2 rings (SSSR count). The molecule has 2 saturated heterocycles. The van der Waals surface area contributed by atoms with Crippen LogP contribution in [0, 0.1) is 11.3 Å². The number of hydrogen-bond donors (Lipinski definition) is 0. The van der Waals surface area contributed by atoms with Crippen LogP contribution in [-0.4, -0.2) is 43.5 Å². The van der Waals surface area contributed by atoms with Crippen molar-refractivity contribution in [3.05, 3.63) is 0 Å². The van der Waals surface area contributed by atoms with Crippen LogP contribution >= 0.6 is 0 Å². The lowest BCUT2D eigenvalue weighted by atomic mass is 9.91. The van der Waals surface area contributed by atoms with Crippen molar-refractivity contribution in [1.82, 2.24) is 4.90 Å². The van der Waals surface area contributed by atoms with Gasteiger partial charge >= 0.3 is 0 Å². The fraction of sp³-hybridized carbons (Fsp3) is 0.917. The SMILES string of the molecule is N#CC1(N2CCCCCC2)CCS(=O)(=O)CC1. The summed E-state index contributed by atoms with van der Waals surface area (Å²) >= 11 is 0. The fourth-order valence-corrected chi connectivity index (χ4v) is 4.37. The Balaban J connectivity index is 2.12. The van der Waals surface area contributed by atoms with Gasteiger partial charge in [-0.05, 0) is 38.8 Å².